The average molecular weight is 532 g/mol. The molecule has 0 amide bonds. The summed E-state index contributed by atoms with van der Waals surface area (Å²) in [4.78, 5) is 8.55. The van der Waals surface area contributed by atoms with E-state index in [1.807, 2.05) is 54.6 Å². The number of thiophene rings is 1. The van der Waals surface area contributed by atoms with Crippen LogP contribution in [0.4, 0.5) is 17.1 Å². The fourth-order valence-electron chi connectivity index (χ4n) is 4.67. The molecule has 190 valence electrons. The first-order valence-corrected chi connectivity index (χ1v) is 13.8. The normalized spacial score (nSPS) is 11.1. The van der Waals surface area contributed by atoms with Crippen molar-refractivity contribution in [1.29, 1.82) is 5.26 Å². The van der Waals surface area contributed by atoms with Crippen LogP contribution in [0.5, 0.6) is 0 Å². The van der Waals surface area contributed by atoms with E-state index in [9.17, 15) is 5.26 Å². The molecule has 0 aliphatic rings. The summed E-state index contributed by atoms with van der Waals surface area (Å²) in [7, 11) is 0. The summed E-state index contributed by atoms with van der Waals surface area (Å²) in [5.74, 6) is 0. The topological polar surface area (TPSA) is 39.9 Å². The Kier molecular flexibility index (Phi) is 7.30. The fraction of sp³-hybridized carbons (Fsp3) is 0. The van der Waals surface area contributed by atoms with E-state index in [2.05, 4.69) is 101 Å². The van der Waals surface area contributed by atoms with E-state index in [0.717, 1.165) is 49.1 Å². The Hall–Kier alpha value is -5.24. The van der Waals surface area contributed by atoms with Gasteiger partial charge in [-0.2, -0.15) is 5.26 Å². The molecule has 0 unspecified atom stereocenters. The zero-order chi connectivity index (χ0) is 27.1. The summed E-state index contributed by atoms with van der Waals surface area (Å²) in [6.45, 7) is 0. The Bertz CT molecular complexity index is 1730. The molecular weight excluding hydrogens is 506 g/mol. The fourth-order valence-corrected chi connectivity index (χ4v) is 5.63. The van der Waals surface area contributed by atoms with E-state index >= 15 is 0 Å². The van der Waals surface area contributed by atoms with Crippen LogP contribution in [0.3, 0.4) is 0 Å². The summed E-state index contributed by atoms with van der Waals surface area (Å²) in [5.41, 5.74) is 8.23. The van der Waals surface area contributed by atoms with Crippen molar-refractivity contribution in [3.63, 3.8) is 0 Å². The molecule has 2 aromatic heterocycles. The first-order chi connectivity index (χ1) is 19.8. The van der Waals surface area contributed by atoms with Crippen LogP contribution in [0.2, 0.25) is 0 Å². The van der Waals surface area contributed by atoms with Crippen molar-refractivity contribution in [2.45, 2.75) is 0 Å². The quantitative estimate of drug-likeness (QED) is 0.192. The summed E-state index contributed by atoms with van der Waals surface area (Å²) < 4.78 is 0. The van der Waals surface area contributed by atoms with Crippen molar-refractivity contribution in [3.05, 3.63) is 156 Å². The molecule has 0 radical (unpaired) electrons. The number of allylic oxidation sites excluding steroid dienone is 1. The first-order valence-electron chi connectivity index (χ1n) is 13.0. The van der Waals surface area contributed by atoms with Crippen molar-refractivity contribution in [1.82, 2.24) is 4.98 Å². The number of pyridine rings is 1. The van der Waals surface area contributed by atoms with Gasteiger partial charge in [-0.25, -0.2) is 0 Å². The minimum absolute atomic E-state index is 0.645. The van der Waals surface area contributed by atoms with Gasteiger partial charge in [-0.15, -0.1) is 11.3 Å². The highest BCUT2D eigenvalue weighted by atomic mass is 32.1. The van der Waals surface area contributed by atoms with Crippen molar-refractivity contribution < 1.29 is 0 Å². The number of rotatable bonds is 7. The Morgan fingerprint density at radius 3 is 1.75 bits per heavy atom. The van der Waals surface area contributed by atoms with Gasteiger partial charge in [0.05, 0.1) is 11.6 Å². The molecule has 0 N–H and O–H groups in total. The van der Waals surface area contributed by atoms with Crippen LogP contribution in [0.15, 0.2) is 146 Å². The highest BCUT2D eigenvalue weighted by molar-refractivity contribution is 7.16. The summed E-state index contributed by atoms with van der Waals surface area (Å²) in [6.07, 6.45) is 5.54. The van der Waals surface area contributed by atoms with E-state index in [-0.39, 0.29) is 0 Å². The van der Waals surface area contributed by atoms with Gasteiger partial charge in [0.15, 0.2) is 0 Å². The Morgan fingerprint density at radius 2 is 1.15 bits per heavy atom. The number of hydrogen-bond acceptors (Lipinski definition) is 4. The van der Waals surface area contributed by atoms with Gasteiger partial charge in [-0.3, -0.25) is 4.98 Å². The molecule has 4 aromatic carbocycles. The molecule has 0 fully saturated rings. The maximum Gasteiger partial charge on any atom is 0.0998 e. The molecule has 0 saturated heterocycles. The number of nitriles is 1. The van der Waals surface area contributed by atoms with Crippen molar-refractivity contribution >= 4 is 40.0 Å². The maximum atomic E-state index is 9.89. The first kappa shape index (κ1) is 25.1. The second-order valence-corrected chi connectivity index (χ2v) is 10.4. The van der Waals surface area contributed by atoms with E-state index < -0.39 is 0 Å². The number of hydrogen-bond donors (Lipinski definition) is 0. The van der Waals surface area contributed by atoms with Crippen molar-refractivity contribution in [3.8, 4) is 27.6 Å². The molecular formula is C36H25N3S. The highest BCUT2D eigenvalue weighted by Gasteiger charge is 2.12. The van der Waals surface area contributed by atoms with Gasteiger partial charge in [0, 0.05) is 39.2 Å². The third-order valence-electron chi connectivity index (χ3n) is 6.68. The zero-order valence-electron chi connectivity index (χ0n) is 21.7. The lowest BCUT2D eigenvalue weighted by Gasteiger charge is -2.25. The standard InChI is InChI=1S/C36H25N3S/c37-26-31(28-13-11-27(12-14-28)29-21-23-38-24-22-29)25-35-19-20-36(40-35)30-15-17-34(18-16-30)39(32-7-3-1-4-8-32)33-9-5-2-6-10-33/h1-25H/b31-25+. The number of aromatic nitrogens is 1. The summed E-state index contributed by atoms with van der Waals surface area (Å²) in [6, 6.07) is 48.1. The van der Waals surface area contributed by atoms with Gasteiger partial charge in [0.1, 0.15) is 0 Å². The smallest absolute Gasteiger partial charge is 0.0998 e. The largest absolute Gasteiger partial charge is 0.311 e. The summed E-state index contributed by atoms with van der Waals surface area (Å²) >= 11 is 1.68. The monoisotopic (exact) mass is 531 g/mol. The van der Waals surface area contributed by atoms with E-state index in [0.29, 0.717) is 5.57 Å². The molecule has 0 atom stereocenters. The van der Waals surface area contributed by atoms with Crippen LogP contribution >= 0.6 is 11.3 Å². The minimum Gasteiger partial charge on any atom is -0.311 e. The second-order valence-electron chi connectivity index (χ2n) is 9.24. The number of benzene rings is 4. The molecule has 0 bridgehead atoms. The van der Waals surface area contributed by atoms with Gasteiger partial charge < -0.3 is 4.90 Å². The lowest BCUT2D eigenvalue weighted by molar-refractivity contribution is 1.28. The highest BCUT2D eigenvalue weighted by Crippen LogP contribution is 2.37. The molecule has 2 heterocycles. The SMILES string of the molecule is N#C/C(=C\c1ccc(-c2ccc(N(c3ccccc3)c3ccccc3)cc2)s1)c1ccc(-c2ccncc2)cc1. The molecule has 0 aliphatic carbocycles. The molecule has 0 spiro atoms. The Balaban J connectivity index is 1.24. The van der Waals surface area contributed by atoms with Gasteiger partial charge in [-0.05, 0) is 89.0 Å². The van der Waals surface area contributed by atoms with Gasteiger partial charge >= 0.3 is 0 Å². The Labute approximate surface area is 238 Å². The molecule has 0 saturated carbocycles. The molecule has 6 aromatic rings. The van der Waals surface area contributed by atoms with Crippen LogP contribution in [0.1, 0.15) is 10.4 Å². The molecule has 4 heteroatoms. The Morgan fingerprint density at radius 1 is 0.600 bits per heavy atom. The lowest BCUT2D eigenvalue weighted by Crippen LogP contribution is -2.09. The van der Waals surface area contributed by atoms with Crippen molar-refractivity contribution in [2.75, 3.05) is 4.90 Å². The zero-order valence-corrected chi connectivity index (χ0v) is 22.5. The van der Waals surface area contributed by atoms with E-state index in [4.69, 9.17) is 0 Å². The van der Waals surface area contributed by atoms with Crippen LogP contribution < -0.4 is 4.90 Å². The third-order valence-corrected chi connectivity index (χ3v) is 7.76. The molecule has 6 rings (SSSR count). The van der Waals surface area contributed by atoms with E-state index in [1.54, 1.807) is 23.7 Å². The lowest BCUT2D eigenvalue weighted by atomic mass is 10.0. The van der Waals surface area contributed by atoms with Crippen LogP contribution in [0, 0.1) is 11.3 Å². The molecule has 40 heavy (non-hydrogen) atoms. The predicted octanol–water partition coefficient (Wildman–Crippen LogP) is 10.0. The third kappa shape index (κ3) is 5.47. The molecule has 0 aliphatic heterocycles. The van der Waals surface area contributed by atoms with Gasteiger partial charge in [-0.1, -0.05) is 72.8 Å². The number of para-hydroxylation sites is 2. The summed E-state index contributed by atoms with van der Waals surface area (Å²) in [5, 5.41) is 9.89. The maximum absolute atomic E-state index is 9.89. The van der Waals surface area contributed by atoms with Gasteiger partial charge in [0.2, 0.25) is 0 Å². The number of nitrogens with zero attached hydrogens (tertiary/aromatic N) is 3. The second kappa shape index (κ2) is 11.7. The van der Waals surface area contributed by atoms with Gasteiger partial charge in [0.25, 0.3) is 0 Å². The number of anilines is 3. The van der Waals surface area contributed by atoms with Crippen LogP contribution in [0.25, 0.3) is 33.2 Å². The molecule has 3 nitrogen and oxygen atoms in total. The minimum atomic E-state index is 0.645. The van der Waals surface area contributed by atoms with E-state index in [1.165, 1.54) is 0 Å². The predicted molar refractivity (Wildman–Crippen MR) is 168 cm³/mol. The van der Waals surface area contributed by atoms with Crippen LogP contribution in [-0.2, 0) is 0 Å². The average Bonchev–Trinajstić information content (AvgIpc) is 3.51. The van der Waals surface area contributed by atoms with Crippen LogP contribution in [-0.4, -0.2) is 4.98 Å². The van der Waals surface area contributed by atoms with Crippen molar-refractivity contribution in [2.24, 2.45) is 0 Å².